The van der Waals surface area contributed by atoms with E-state index < -0.39 is 0 Å². The number of aromatic nitrogens is 2. The molecule has 1 amide bonds. The van der Waals surface area contributed by atoms with Crippen LogP contribution in [0.5, 0.6) is 0 Å². The molecule has 1 fully saturated rings. The van der Waals surface area contributed by atoms with E-state index in [0.29, 0.717) is 23.2 Å². The van der Waals surface area contributed by atoms with Crippen molar-refractivity contribution in [2.45, 2.75) is 18.8 Å². The lowest BCUT2D eigenvalue weighted by atomic mass is 10.1. The Kier molecular flexibility index (Phi) is 3.47. The third-order valence-electron chi connectivity index (χ3n) is 3.15. The Labute approximate surface area is 115 Å². The van der Waals surface area contributed by atoms with Crippen molar-refractivity contribution in [2.75, 3.05) is 13.2 Å². The van der Waals surface area contributed by atoms with E-state index in [9.17, 15) is 4.79 Å². The van der Waals surface area contributed by atoms with Crippen LogP contribution in [-0.2, 0) is 0 Å². The van der Waals surface area contributed by atoms with Crippen LogP contribution in [0.3, 0.4) is 0 Å². The van der Waals surface area contributed by atoms with Crippen LogP contribution >= 0.6 is 0 Å². The van der Waals surface area contributed by atoms with Gasteiger partial charge in [-0.05, 0) is 25.0 Å². The van der Waals surface area contributed by atoms with E-state index >= 15 is 0 Å². The molecule has 1 aliphatic carbocycles. The predicted molar refractivity (Wildman–Crippen MR) is 71.1 cm³/mol. The first kappa shape index (κ1) is 12.8. The highest BCUT2D eigenvalue weighted by Crippen LogP contribution is 2.39. The molecule has 0 saturated heterocycles. The van der Waals surface area contributed by atoms with E-state index in [4.69, 9.17) is 9.63 Å². The smallest absolute Gasteiger partial charge is 0.251 e. The zero-order valence-electron chi connectivity index (χ0n) is 10.9. The van der Waals surface area contributed by atoms with Crippen molar-refractivity contribution in [3.63, 3.8) is 0 Å². The number of carbonyl (C=O) groups excluding carboxylic acids is 1. The van der Waals surface area contributed by atoms with Gasteiger partial charge in [0.1, 0.15) is 0 Å². The van der Waals surface area contributed by atoms with Crippen molar-refractivity contribution < 1.29 is 14.4 Å². The normalized spacial score (nSPS) is 14.2. The lowest BCUT2D eigenvalue weighted by molar-refractivity contribution is 0.0945. The molecule has 1 aromatic heterocycles. The first-order valence-electron chi connectivity index (χ1n) is 6.61. The molecule has 20 heavy (non-hydrogen) atoms. The Bertz CT molecular complexity index is 620. The topological polar surface area (TPSA) is 88.2 Å². The molecule has 0 bridgehead atoms. The Morgan fingerprint density at radius 3 is 3.05 bits per heavy atom. The maximum atomic E-state index is 11.8. The number of benzene rings is 1. The summed E-state index contributed by atoms with van der Waals surface area (Å²) in [6.45, 7) is 0.151. The summed E-state index contributed by atoms with van der Waals surface area (Å²) in [5.74, 6) is 1.36. The van der Waals surface area contributed by atoms with Crippen molar-refractivity contribution in [3.05, 3.63) is 35.7 Å². The Hall–Kier alpha value is -2.21. The van der Waals surface area contributed by atoms with Crippen molar-refractivity contribution in [1.29, 1.82) is 0 Å². The number of carbonyl (C=O) groups is 1. The van der Waals surface area contributed by atoms with Gasteiger partial charge in [0.15, 0.2) is 0 Å². The monoisotopic (exact) mass is 273 g/mol. The van der Waals surface area contributed by atoms with Crippen LogP contribution in [0.25, 0.3) is 11.4 Å². The molecule has 0 spiro atoms. The Balaban J connectivity index is 1.80. The van der Waals surface area contributed by atoms with E-state index in [1.165, 1.54) is 0 Å². The van der Waals surface area contributed by atoms with E-state index in [2.05, 4.69) is 15.5 Å². The molecule has 0 unspecified atom stereocenters. The number of aliphatic hydroxyl groups is 1. The highest BCUT2D eigenvalue weighted by molar-refractivity contribution is 5.95. The van der Waals surface area contributed by atoms with Crippen molar-refractivity contribution >= 4 is 5.91 Å². The third-order valence-corrected chi connectivity index (χ3v) is 3.15. The minimum atomic E-state index is -0.230. The predicted octanol–water partition coefficient (Wildman–Crippen LogP) is 1.34. The molecule has 0 aliphatic heterocycles. The first-order valence-corrected chi connectivity index (χ1v) is 6.61. The molecule has 2 aromatic rings. The molecule has 1 aliphatic rings. The molecule has 6 nitrogen and oxygen atoms in total. The average Bonchev–Trinajstić information content (AvgIpc) is 3.22. The highest BCUT2D eigenvalue weighted by atomic mass is 16.5. The summed E-state index contributed by atoms with van der Waals surface area (Å²) in [6.07, 6.45) is 2.20. The Morgan fingerprint density at radius 1 is 1.45 bits per heavy atom. The average molecular weight is 273 g/mol. The van der Waals surface area contributed by atoms with Gasteiger partial charge in [-0.2, -0.15) is 4.98 Å². The lowest BCUT2D eigenvalue weighted by Crippen LogP contribution is -2.26. The minimum Gasteiger partial charge on any atom is -0.395 e. The van der Waals surface area contributed by atoms with Gasteiger partial charge in [0.25, 0.3) is 5.91 Å². The molecule has 104 valence electrons. The number of amides is 1. The number of rotatable bonds is 5. The quantitative estimate of drug-likeness (QED) is 0.858. The van der Waals surface area contributed by atoms with Crippen LogP contribution in [0.4, 0.5) is 0 Å². The maximum Gasteiger partial charge on any atom is 0.251 e. The largest absolute Gasteiger partial charge is 0.395 e. The van der Waals surface area contributed by atoms with Crippen molar-refractivity contribution in [1.82, 2.24) is 15.5 Å². The number of hydrogen-bond acceptors (Lipinski definition) is 5. The molecular formula is C14H15N3O3. The molecule has 1 heterocycles. The van der Waals surface area contributed by atoms with E-state index in [1.54, 1.807) is 18.2 Å². The minimum absolute atomic E-state index is 0.0823. The molecule has 2 N–H and O–H groups in total. The molecule has 1 saturated carbocycles. The summed E-state index contributed by atoms with van der Waals surface area (Å²) in [5, 5.41) is 15.3. The standard InChI is InChI=1S/C14H15N3O3/c18-7-6-15-13(19)11-3-1-2-10(8-11)12-16-14(20-17-12)9-4-5-9/h1-3,8-9,18H,4-7H2,(H,15,19). The number of nitrogens with zero attached hydrogens (tertiary/aromatic N) is 2. The second kappa shape index (κ2) is 5.42. The van der Waals surface area contributed by atoms with E-state index in [1.807, 2.05) is 6.07 Å². The summed E-state index contributed by atoms with van der Waals surface area (Å²) in [7, 11) is 0. The molecule has 6 heteroatoms. The molecule has 0 radical (unpaired) electrons. The summed E-state index contributed by atoms with van der Waals surface area (Å²) >= 11 is 0. The second-order valence-electron chi connectivity index (χ2n) is 4.79. The first-order chi connectivity index (χ1) is 9.78. The zero-order chi connectivity index (χ0) is 13.9. The lowest BCUT2D eigenvalue weighted by Gasteiger charge is -2.03. The van der Waals surface area contributed by atoms with Crippen LogP contribution < -0.4 is 5.32 Å². The summed E-state index contributed by atoms with van der Waals surface area (Å²) < 4.78 is 5.21. The van der Waals surface area contributed by atoms with Crippen LogP contribution in [0.15, 0.2) is 28.8 Å². The SMILES string of the molecule is O=C(NCCO)c1cccc(-c2noc(C3CC3)n2)c1. The summed E-state index contributed by atoms with van der Waals surface area (Å²) in [6, 6.07) is 7.03. The number of nitrogens with one attached hydrogen (secondary N) is 1. The van der Waals surface area contributed by atoms with Crippen LogP contribution in [0.2, 0.25) is 0 Å². The van der Waals surface area contributed by atoms with E-state index in [0.717, 1.165) is 18.4 Å². The second-order valence-corrected chi connectivity index (χ2v) is 4.79. The maximum absolute atomic E-state index is 11.8. The van der Waals surface area contributed by atoms with Gasteiger partial charge in [-0.25, -0.2) is 0 Å². The molecular weight excluding hydrogens is 258 g/mol. The fraction of sp³-hybridized carbons (Fsp3) is 0.357. The van der Waals surface area contributed by atoms with Gasteiger partial charge in [-0.1, -0.05) is 17.3 Å². The number of aliphatic hydroxyl groups excluding tert-OH is 1. The zero-order valence-corrected chi connectivity index (χ0v) is 10.9. The van der Waals surface area contributed by atoms with Crippen molar-refractivity contribution in [3.8, 4) is 11.4 Å². The Morgan fingerprint density at radius 2 is 2.30 bits per heavy atom. The highest BCUT2D eigenvalue weighted by Gasteiger charge is 2.29. The molecule has 3 rings (SSSR count). The van der Waals surface area contributed by atoms with Gasteiger partial charge in [0.2, 0.25) is 11.7 Å². The molecule has 0 atom stereocenters. The van der Waals surface area contributed by atoms with Crippen LogP contribution in [0.1, 0.15) is 35.0 Å². The van der Waals surface area contributed by atoms with Gasteiger partial charge < -0.3 is 14.9 Å². The van der Waals surface area contributed by atoms with Gasteiger partial charge in [0.05, 0.1) is 6.61 Å². The van der Waals surface area contributed by atoms with Crippen LogP contribution in [0, 0.1) is 0 Å². The third kappa shape index (κ3) is 2.70. The van der Waals surface area contributed by atoms with Gasteiger partial charge >= 0.3 is 0 Å². The van der Waals surface area contributed by atoms with Crippen molar-refractivity contribution in [2.24, 2.45) is 0 Å². The molecule has 1 aromatic carbocycles. The fourth-order valence-corrected chi connectivity index (χ4v) is 1.92. The van der Waals surface area contributed by atoms with Gasteiger partial charge in [-0.3, -0.25) is 4.79 Å². The van der Waals surface area contributed by atoms with Gasteiger partial charge in [0, 0.05) is 23.6 Å². The summed E-state index contributed by atoms with van der Waals surface area (Å²) in [4.78, 5) is 16.2. The fourth-order valence-electron chi connectivity index (χ4n) is 1.92. The number of hydrogen-bond donors (Lipinski definition) is 2. The van der Waals surface area contributed by atoms with E-state index in [-0.39, 0.29) is 19.1 Å². The van der Waals surface area contributed by atoms with Gasteiger partial charge in [-0.15, -0.1) is 0 Å². The van der Waals surface area contributed by atoms with Crippen LogP contribution in [-0.4, -0.2) is 34.3 Å². The summed E-state index contributed by atoms with van der Waals surface area (Å²) in [5.41, 5.74) is 1.26.